The summed E-state index contributed by atoms with van der Waals surface area (Å²) in [6, 6.07) is 0. The molecule has 1 heterocycles. The Hall–Kier alpha value is 0.110. The van der Waals surface area contributed by atoms with Crippen LogP contribution in [0.4, 0.5) is 0 Å². The van der Waals surface area contributed by atoms with Crippen LogP contribution < -0.4 is 0 Å². The Morgan fingerprint density at radius 3 is 2.67 bits per heavy atom. The molecule has 12 heavy (non-hydrogen) atoms. The molecule has 2 aliphatic carbocycles. The molecule has 1 saturated heterocycles. The lowest BCUT2D eigenvalue weighted by Gasteiger charge is -2.27. The fraction of sp³-hybridized carbons (Fsp3) is 1.00. The topological polar surface area (TPSA) is 37.3 Å². The second-order valence-electron chi connectivity index (χ2n) is 4.56. The molecule has 3 heteroatoms. The van der Waals surface area contributed by atoms with E-state index in [1.54, 1.807) is 0 Å². The summed E-state index contributed by atoms with van der Waals surface area (Å²) in [7, 11) is -0.559. The average Bonchev–Trinajstić information content (AvgIpc) is 2.57. The van der Waals surface area contributed by atoms with E-state index in [2.05, 4.69) is 0 Å². The van der Waals surface area contributed by atoms with Crippen LogP contribution in [0.15, 0.2) is 0 Å². The van der Waals surface area contributed by atoms with Crippen LogP contribution in [-0.2, 0) is 10.8 Å². The van der Waals surface area contributed by atoms with Crippen molar-refractivity contribution in [3.05, 3.63) is 0 Å². The van der Waals surface area contributed by atoms with E-state index in [4.69, 9.17) is 0 Å². The maximum absolute atomic E-state index is 11.3. The molecule has 0 spiro atoms. The molecule has 1 N–H and O–H groups in total. The predicted molar refractivity (Wildman–Crippen MR) is 47.1 cm³/mol. The highest BCUT2D eigenvalue weighted by molar-refractivity contribution is 7.85. The zero-order chi connectivity index (χ0) is 8.29. The van der Waals surface area contributed by atoms with Crippen LogP contribution in [0.3, 0.4) is 0 Å². The minimum atomic E-state index is -0.559. The Balaban J connectivity index is 1.90. The van der Waals surface area contributed by atoms with Gasteiger partial charge in [0.05, 0.1) is 6.10 Å². The van der Waals surface area contributed by atoms with E-state index in [1.807, 2.05) is 0 Å². The molecule has 2 saturated carbocycles. The minimum absolute atomic E-state index is 0.0636. The molecule has 3 rings (SSSR count). The zero-order valence-electron chi connectivity index (χ0n) is 6.98. The molecular weight excluding hydrogens is 172 g/mol. The number of aliphatic hydroxyl groups is 1. The first-order valence-corrected chi connectivity index (χ1v) is 6.27. The first-order chi connectivity index (χ1) is 5.75. The Kier molecular flexibility index (Phi) is 1.45. The smallest absolute Gasteiger partial charge is 0.0574 e. The van der Waals surface area contributed by atoms with Crippen LogP contribution in [0.5, 0.6) is 0 Å². The Morgan fingerprint density at radius 1 is 1.08 bits per heavy atom. The van der Waals surface area contributed by atoms with Crippen LogP contribution >= 0.6 is 0 Å². The van der Waals surface area contributed by atoms with E-state index >= 15 is 0 Å². The summed E-state index contributed by atoms with van der Waals surface area (Å²) >= 11 is 0. The van der Waals surface area contributed by atoms with Gasteiger partial charge in [0, 0.05) is 22.3 Å². The van der Waals surface area contributed by atoms with Gasteiger partial charge in [-0.2, -0.15) is 0 Å². The van der Waals surface area contributed by atoms with Gasteiger partial charge in [-0.15, -0.1) is 0 Å². The summed E-state index contributed by atoms with van der Waals surface area (Å²) in [5.41, 5.74) is 0. The second kappa shape index (κ2) is 2.32. The lowest BCUT2D eigenvalue weighted by Crippen LogP contribution is -2.30. The van der Waals surface area contributed by atoms with Crippen molar-refractivity contribution >= 4 is 10.8 Å². The third kappa shape index (κ3) is 0.814. The van der Waals surface area contributed by atoms with Crippen molar-refractivity contribution in [1.82, 2.24) is 0 Å². The maximum Gasteiger partial charge on any atom is 0.0574 e. The average molecular weight is 186 g/mol. The molecule has 1 aliphatic heterocycles. The Bertz CT molecular complexity index is 241. The van der Waals surface area contributed by atoms with Crippen molar-refractivity contribution in [2.75, 3.05) is 11.5 Å². The zero-order valence-corrected chi connectivity index (χ0v) is 7.80. The summed E-state index contributed by atoms with van der Waals surface area (Å²) in [6.07, 6.45) is 2.14. The van der Waals surface area contributed by atoms with Crippen LogP contribution in [0.25, 0.3) is 0 Å². The van der Waals surface area contributed by atoms with Crippen LogP contribution in [-0.4, -0.2) is 26.9 Å². The van der Waals surface area contributed by atoms with Gasteiger partial charge in [0.2, 0.25) is 0 Å². The summed E-state index contributed by atoms with van der Waals surface area (Å²) in [6.45, 7) is 0. The van der Waals surface area contributed by atoms with Gasteiger partial charge in [-0.05, 0) is 36.5 Å². The summed E-state index contributed by atoms with van der Waals surface area (Å²) in [5, 5.41) is 9.65. The van der Waals surface area contributed by atoms with Crippen LogP contribution in [0.1, 0.15) is 12.8 Å². The van der Waals surface area contributed by atoms with Gasteiger partial charge in [-0.25, -0.2) is 0 Å². The van der Waals surface area contributed by atoms with Gasteiger partial charge in [0.15, 0.2) is 0 Å². The largest absolute Gasteiger partial charge is 0.393 e. The molecule has 2 bridgehead atoms. The Morgan fingerprint density at radius 2 is 1.83 bits per heavy atom. The molecule has 68 valence electrons. The van der Waals surface area contributed by atoms with Crippen LogP contribution in [0.2, 0.25) is 0 Å². The number of rotatable bonds is 0. The van der Waals surface area contributed by atoms with Crippen LogP contribution in [0, 0.1) is 23.7 Å². The highest BCUT2D eigenvalue weighted by Gasteiger charge is 2.55. The first kappa shape index (κ1) is 7.51. The third-order valence-corrected chi connectivity index (χ3v) is 5.59. The first-order valence-electron chi connectivity index (χ1n) is 4.79. The third-order valence-electron chi connectivity index (χ3n) is 4.08. The van der Waals surface area contributed by atoms with Crippen molar-refractivity contribution in [3.63, 3.8) is 0 Å². The van der Waals surface area contributed by atoms with E-state index in [1.165, 1.54) is 6.42 Å². The molecule has 6 atom stereocenters. The van der Waals surface area contributed by atoms with Crippen molar-refractivity contribution < 1.29 is 9.32 Å². The monoisotopic (exact) mass is 186 g/mol. The number of hydrogen-bond acceptors (Lipinski definition) is 2. The maximum atomic E-state index is 11.3. The summed E-state index contributed by atoms with van der Waals surface area (Å²) < 4.78 is 11.3. The van der Waals surface area contributed by atoms with E-state index in [0.717, 1.165) is 17.9 Å². The Labute approximate surface area is 74.8 Å². The number of hydrogen-bond donors (Lipinski definition) is 1. The molecule has 2 nitrogen and oxygen atoms in total. The second-order valence-corrected chi connectivity index (χ2v) is 6.11. The van der Waals surface area contributed by atoms with Gasteiger partial charge in [-0.1, -0.05) is 0 Å². The van der Waals surface area contributed by atoms with Crippen molar-refractivity contribution in [3.8, 4) is 0 Å². The molecule has 0 aromatic carbocycles. The molecule has 0 aromatic rings. The van der Waals surface area contributed by atoms with Gasteiger partial charge in [0.1, 0.15) is 0 Å². The fourth-order valence-corrected chi connectivity index (χ4v) is 5.58. The van der Waals surface area contributed by atoms with Gasteiger partial charge < -0.3 is 5.11 Å². The van der Waals surface area contributed by atoms with E-state index in [9.17, 15) is 9.32 Å². The number of fused-ring (bicyclic) bond motifs is 5. The summed E-state index contributed by atoms with van der Waals surface area (Å²) in [4.78, 5) is 0. The van der Waals surface area contributed by atoms with Crippen molar-refractivity contribution in [2.45, 2.75) is 18.9 Å². The molecule has 1 unspecified atom stereocenters. The highest BCUT2D eigenvalue weighted by atomic mass is 32.2. The number of aliphatic hydroxyl groups excluding tert-OH is 1. The molecular formula is C9H14O2S. The van der Waals surface area contributed by atoms with Gasteiger partial charge in [0.25, 0.3) is 0 Å². The van der Waals surface area contributed by atoms with E-state index in [-0.39, 0.29) is 6.10 Å². The van der Waals surface area contributed by atoms with Gasteiger partial charge in [-0.3, -0.25) is 4.21 Å². The molecule has 0 radical (unpaired) electrons. The highest BCUT2D eigenvalue weighted by Crippen LogP contribution is 2.55. The van der Waals surface area contributed by atoms with Crippen molar-refractivity contribution in [2.24, 2.45) is 23.7 Å². The van der Waals surface area contributed by atoms with Gasteiger partial charge >= 0.3 is 0 Å². The molecule has 3 fully saturated rings. The lowest BCUT2D eigenvalue weighted by atomic mass is 9.80. The fourth-order valence-electron chi connectivity index (χ4n) is 3.57. The quantitative estimate of drug-likeness (QED) is 0.594. The van der Waals surface area contributed by atoms with E-state index < -0.39 is 10.8 Å². The molecule has 0 aromatic heterocycles. The standard InChI is InChI=1S/C9H14O2S/c10-9-2-5-1-6(9)8-4-12(11)3-7(5)8/h5-10H,1-4H2/t5-,6-,7-,8+,9+,12?/m0/s1. The SMILES string of the molecule is O=S1C[C@H]2[C@@H](C1)[C@H]1C[C@@H]2[C@H](O)C1. The van der Waals surface area contributed by atoms with Crippen molar-refractivity contribution in [1.29, 1.82) is 0 Å². The normalized spacial score (nSPS) is 62.4. The predicted octanol–water partition coefficient (Wildman–Crippen LogP) is 0.382. The lowest BCUT2D eigenvalue weighted by molar-refractivity contribution is 0.0704. The summed E-state index contributed by atoms with van der Waals surface area (Å²) in [5.74, 6) is 4.34. The molecule has 3 aliphatic rings. The molecule has 0 amide bonds. The minimum Gasteiger partial charge on any atom is -0.393 e. The van der Waals surface area contributed by atoms with E-state index in [0.29, 0.717) is 23.7 Å².